The van der Waals surface area contributed by atoms with Crippen LogP contribution in [0.25, 0.3) is 0 Å². The fraction of sp³-hybridized carbons (Fsp3) is 0.800. The highest BCUT2D eigenvalue weighted by Gasteiger charge is 2.25. The van der Waals surface area contributed by atoms with Crippen molar-refractivity contribution in [3.63, 3.8) is 0 Å². The fourth-order valence-corrected chi connectivity index (χ4v) is 1.29. The molecule has 0 unspecified atom stereocenters. The lowest BCUT2D eigenvalue weighted by Gasteiger charge is -2.28. The molecule has 0 amide bonds. The SMILES string of the molecule is CC=C[C@@H](C)[C@H](C)C(C)(C)Cl. The van der Waals surface area contributed by atoms with Crippen LogP contribution in [0.1, 0.15) is 34.6 Å². The summed E-state index contributed by atoms with van der Waals surface area (Å²) >= 11 is 6.18. The summed E-state index contributed by atoms with van der Waals surface area (Å²) in [5.74, 6) is 1.08. The van der Waals surface area contributed by atoms with Crippen LogP contribution in [0.15, 0.2) is 12.2 Å². The number of halogens is 1. The van der Waals surface area contributed by atoms with Crippen molar-refractivity contribution in [2.75, 3.05) is 0 Å². The van der Waals surface area contributed by atoms with E-state index < -0.39 is 0 Å². The van der Waals surface area contributed by atoms with Gasteiger partial charge in [0, 0.05) is 4.87 Å². The Morgan fingerprint density at radius 1 is 1.27 bits per heavy atom. The predicted octanol–water partition coefficient (Wildman–Crippen LogP) is 3.85. The standard InChI is InChI=1S/C10H19Cl/c1-6-7-8(2)9(3)10(4,5)11/h6-9H,1-5H3/t8-,9+/m1/s1. The monoisotopic (exact) mass is 174 g/mol. The van der Waals surface area contributed by atoms with E-state index >= 15 is 0 Å². The van der Waals surface area contributed by atoms with E-state index in [1.165, 1.54) is 0 Å². The summed E-state index contributed by atoms with van der Waals surface area (Å²) in [6, 6.07) is 0. The van der Waals surface area contributed by atoms with E-state index in [-0.39, 0.29) is 4.87 Å². The molecule has 0 spiro atoms. The Balaban J connectivity index is 4.13. The molecule has 66 valence electrons. The molecule has 0 N–H and O–H groups in total. The molecular formula is C10H19Cl. The zero-order chi connectivity index (χ0) is 9.07. The van der Waals surface area contributed by atoms with E-state index in [9.17, 15) is 0 Å². The van der Waals surface area contributed by atoms with E-state index in [1.54, 1.807) is 0 Å². The molecule has 0 aromatic carbocycles. The van der Waals surface area contributed by atoms with Crippen molar-refractivity contribution in [1.82, 2.24) is 0 Å². The average molecular weight is 175 g/mol. The first-order chi connectivity index (χ1) is 4.89. The summed E-state index contributed by atoms with van der Waals surface area (Å²) in [6.07, 6.45) is 4.29. The number of allylic oxidation sites excluding steroid dienone is 2. The maximum Gasteiger partial charge on any atom is 0.0421 e. The molecule has 0 radical (unpaired) electrons. The minimum atomic E-state index is -0.0983. The zero-order valence-electron chi connectivity index (χ0n) is 8.19. The van der Waals surface area contributed by atoms with Crippen LogP contribution >= 0.6 is 11.6 Å². The van der Waals surface area contributed by atoms with Gasteiger partial charge >= 0.3 is 0 Å². The van der Waals surface area contributed by atoms with Crippen LogP contribution in [0.5, 0.6) is 0 Å². The summed E-state index contributed by atoms with van der Waals surface area (Å²) in [7, 11) is 0. The number of rotatable bonds is 3. The van der Waals surface area contributed by atoms with Crippen molar-refractivity contribution in [1.29, 1.82) is 0 Å². The smallest absolute Gasteiger partial charge is 0.0421 e. The van der Waals surface area contributed by atoms with E-state index in [1.807, 2.05) is 6.92 Å². The summed E-state index contributed by atoms with van der Waals surface area (Å²) in [6.45, 7) is 10.6. The molecule has 1 heteroatoms. The molecule has 0 aromatic heterocycles. The molecule has 2 atom stereocenters. The Hall–Kier alpha value is 0.0300. The minimum absolute atomic E-state index is 0.0983. The summed E-state index contributed by atoms with van der Waals surface area (Å²) in [5, 5.41) is 0. The molecule has 0 nitrogen and oxygen atoms in total. The molecule has 0 rings (SSSR count). The summed E-state index contributed by atoms with van der Waals surface area (Å²) in [4.78, 5) is -0.0983. The molecular weight excluding hydrogens is 156 g/mol. The van der Waals surface area contributed by atoms with Gasteiger partial charge < -0.3 is 0 Å². The second-order valence-electron chi connectivity index (χ2n) is 3.74. The van der Waals surface area contributed by atoms with Gasteiger partial charge in [-0.05, 0) is 32.6 Å². The highest BCUT2D eigenvalue weighted by molar-refractivity contribution is 6.23. The lowest BCUT2D eigenvalue weighted by molar-refractivity contribution is 0.369. The molecule has 0 aliphatic carbocycles. The minimum Gasteiger partial charge on any atom is -0.120 e. The van der Waals surface area contributed by atoms with E-state index in [4.69, 9.17) is 11.6 Å². The van der Waals surface area contributed by atoms with Crippen molar-refractivity contribution in [3.05, 3.63) is 12.2 Å². The van der Waals surface area contributed by atoms with Crippen molar-refractivity contribution in [2.45, 2.75) is 39.5 Å². The number of alkyl halides is 1. The Kier molecular flexibility index (Phi) is 4.17. The third-order valence-electron chi connectivity index (χ3n) is 2.37. The van der Waals surface area contributed by atoms with E-state index in [2.05, 4.69) is 39.8 Å². The van der Waals surface area contributed by atoms with Crippen LogP contribution in [0, 0.1) is 11.8 Å². The normalized spacial score (nSPS) is 18.7. The predicted molar refractivity (Wildman–Crippen MR) is 53.1 cm³/mol. The van der Waals surface area contributed by atoms with Gasteiger partial charge in [-0.25, -0.2) is 0 Å². The van der Waals surface area contributed by atoms with Crippen LogP contribution < -0.4 is 0 Å². The Bertz CT molecular complexity index is 130. The molecule has 0 heterocycles. The Morgan fingerprint density at radius 3 is 2.00 bits per heavy atom. The zero-order valence-corrected chi connectivity index (χ0v) is 8.94. The lowest BCUT2D eigenvalue weighted by Crippen LogP contribution is -2.26. The van der Waals surface area contributed by atoms with Crippen LogP contribution in [0.3, 0.4) is 0 Å². The van der Waals surface area contributed by atoms with Gasteiger partial charge in [-0.3, -0.25) is 0 Å². The molecule has 0 aromatic rings. The van der Waals surface area contributed by atoms with E-state index in [0.717, 1.165) is 0 Å². The number of hydrogen-bond acceptors (Lipinski definition) is 0. The molecule has 0 bridgehead atoms. The van der Waals surface area contributed by atoms with Crippen LogP contribution in [-0.2, 0) is 0 Å². The van der Waals surface area contributed by atoms with Crippen LogP contribution in [0.2, 0.25) is 0 Å². The Labute approximate surface area is 75.6 Å². The molecule has 0 aliphatic heterocycles. The van der Waals surface area contributed by atoms with Gasteiger partial charge in [0.1, 0.15) is 0 Å². The lowest BCUT2D eigenvalue weighted by atomic mass is 9.85. The maximum absolute atomic E-state index is 6.18. The second kappa shape index (κ2) is 4.15. The average Bonchev–Trinajstić information content (AvgIpc) is 1.85. The van der Waals surface area contributed by atoms with Crippen molar-refractivity contribution >= 4 is 11.6 Å². The number of hydrogen-bond donors (Lipinski definition) is 0. The summed E-state index contributed by atoms with van der Waals surface area (Å²) in [5.41, 5.74) is 0. The van der Waals surface area contributed by atoms with Crippen LogP contribution in [0.4, 0.5) is 0 Å². The molecule has 0 saturated heterocycles. The fourth-order valence-electron chi connectivity index (χ4n) is 1.10. The molecule has 0 saturated carbocycles. The van der Waals surface area contributed by atoms with Gasteiger partial charge in [0.15, 0.2) is 0 Å². The topological polar surface area (TPSA) is 0 Å². The molecule has 0 aliphatic rings. The third kappa shape index (κ3) is 3.81. The third-order valence-corrected chi connectivity index (χ3v) is 2.71. The molecule has 0 fully saturated rings. The highest BCUT2D eigenvalue weighted by Crippen LogP contribution is 2.30. The Morgan fingerprint density at radius 2 is 1.73 bits per heavy atom. The van der Waals surface area contributed by atoms with Crippen LogP contribution in [-0.4, -0.2) is 4.87 Å². The van der Waals surface area contributed by atoms with E-state index in [0.29, 0.717) is 11.8 Å². The van der Waals surface area contributed by atoms with Crippen molar-refractivity contribution < 1.29 is 0 Å². The first-order valence-electron chi connectivity index (χ1n) is 4.21. The van der Waals surface area contributed by atoms with Gasteiger partial charge in [-0.2, -0.15) is 0 Å². The van der Waals surface area contributed by atoms with Gasteiger partial charge in [-0.15, -0.1) is 11.6 Å². The van der Waals surface area contributed by atoms with Gasteiger partial charge in [-0.1, -0.05) is 26.0 Å². The van der Waals surface area contributed by atoms with Crippen molar-refractivity contribution in [2.24, 2.45) is 11.8 Å². The van der Waals surface area contributed by atoms with Gasteiger partial charge in [0.2, 0.25) is 0 Å². The largest absolute Gasteiger partial charge is 0.120 e. The van der Waals surface area contributed by atoms with Crippen molar-refractivity contribution in [3.8, 4) is 0 Å². The first kappa shape index (κ1) is 11.0. The van der Waals surface area contributed by atoms with Gasteiger partial charge in [0.05, 0.1) is 0 Å². The first-order valence-corrected chi connectivity index (χ1v) is 4.59. The highest BCUT2D eigenvalue weighted by atomic mass is 35.5. The maximum atomic E-state index is 6.18. The van der Waals surface area contributed by atoms with Gasteiger partial charge in [0.25, 0.3) is 0 Å². The molecule has 11 heavy (non-hydrogen) atoms. The quantitative estimate of drug-likeness (QED) is 0.451. The summed E-state index contributed by atoms with van der Waals surface area (Å²) < 4.78 is 0. The second-order valence-corrected chi connectivity index (χ2v) is 4.71.